The SMILES string of the molecule is CCn1nc(C)cc1CC(O)C(C)(CC)N1CCCCC1. The van der Waals surface area contributed by atoms with E-state index in [1.165, 1.54) is 19.3 Å². The molecular formula is C17H31N3O. The lowest BCUT2D eigenvalue weighted by Crippen LogP contribution is -2.56. The van der Waals surface area contributed by atoms with E-state index in [0.717, 1.165) is 37.4 Å². The molecule has 21 heavy (non-hydrogen) atoms. The Hall–Kier alpha value is -0.870. The van der Waals surface area contributed by atoms with E-state index in [-0.39, 0.29) is 11.6 Å². The van der Waals surface area contributed by atoms with Crippen LogP contribution in [0.4, 0.5) is 0 Å². The van der Waals surface area contributed by atoms with Gasteiger partial charge in [0.25, 0.3) is 0 Å². The molecule has 1 aliphatic heterocycles. The van der Waals surface area contributed by atoms with Crippen LogP contribution in [0.1, 0.15) is 57.8 Å². The molecule has 1 aliphatic rings. The Balaban J connectivity index is 2.13. The highest BCUT2D eigenvalue weighted by atomic mass is 16.3. The van der Waals surface area contributed by atoms with Gasteiger partial charge in [0.05, 0.1) is 11.8 Å². The number of aliphatic hydroxyl groups excluding tert-OH is 1. The third-order valence-electron chi connectivity index (χ3n) is 5.20. The van der Waals surface area contributed by atoms with Gasteiger partial charge in [0.2, 0.25) is 0 Å². The van der Waals surface area contributed by atoms with Crippen molar-refractivity contribution < 1.29 is 5.11 Å². The van der Waals surface area contributed by atoms with Crippen molar-refractivity contribution in [3.63, 3.8) is 0 Å². The molecule has 1 fully saturated rings. The molecule has 2 atom stereocenters. The summed E-state index contributed by atoms with van der Waals surface area (Å²) in [6.07, 6.45) is 5.17. The molecule has 0 amide bonds. The molecule has 0 saturated carbocycles. The number of rotatable bonds is 6. The van der Waals surface area contributed by atoms with E-state index in [1.54, 1.807) is 0 Å². The Labute approximate surface area is 129 Å². The van der Waals surface area contributed by atoms with E-state index in [4.69, 9.17) is 0 Å². The summed E-state index contributed by atoms with van der Waals surface area (Å²) in [4.78, 5) is 2.50. The normalized spacial score (nSPS) is 21.2. The Bertz CT molecular complexity index is 451. The molecule has 1 N–H and O–H groups in total. The van der Waals surface area contributed by atoms with Gasteiger partial charge in [-0.05, 0) is 59.2 Å². The second-order valence-electron chi connectivity index (χ2n) is 6.57. The first-order valence-corrected chi connectivity index (χ1v) is 8.47. The smallest absolute Gasteiger partial charge is 0.0776 e. The van der Waals surface area contributed by atoms with E-state index in [1.807, 2.05) is 11.6 Å². The fourth-order valence-electron chi connectivity index (χ4n) is 3.53. The van der Waals surface area contributed by atoms with Crippen molar-refractivity contribution in [3.8, 4) is 0 Å². The van der Waals surface area contributed by atoms with Crippen LogP contribution in [0.25, 0.3) is 0 Å². The molecule has 0 spiro atoms. The highest BCUT2D eigenvalue weighted by molar-refractivity contribution is 5.12. The van der Waals surface area contributed by atoms with Crippen LogP contribution in [0.15, 0.2) is 6.07 Å². The second-order valence-corrected chi connectivity index (χ2v) is 6.57. The van der Waals surface area contributed by atoms with E-state index in [9.17, 15) is 5.11 Å². The van der Waals surface area contributed by atoms with E-state index in [0.29, 0.717) is 6.42 Å². The molecule has 4 heteroatoms. The second kappa shape index (κ2) is 6.93. The topological polar surface area (TPSA) is 41.3 Å². The van der Waals surface area contributed by atoms with Crippen LogP contribution in [-0.4, -0.2) is 44.5 Å². The monoisotopic (exact) mass is 293 g/mol. The minimum Gasteiger partial charge on any atom is -0.391 e. The van der Waals surface area contributed by atoms with Gasteiger partial charge >= 0.3 is 0 Å². The van der Waals surface area contributed by atoms with Crippen molar-refractivity contribution >= 4 is 0 Å². The summed E-state index contributed by atoms with van der Waals surface area (Å²) in [5.74, 6) is 0. The highest BCUT2D eigenvalue weighted by Gasteiger charge is 2.38. The molecule has 4 nitrogen and oxygen atoms in total. The van der Waals surface area contributed by atoms with Crippen molar-refractivity contribution in [3.05, 3.63) is 17.5 Å². The molecule has 0 bridgehead atoms. The Morgan fingerprint density at radius 3 is 2.52 bits per heavy atom. The standard InChI is InChI=1S/C17H31N3O/c1-5-17(4,19-10-8-7-9-11-19)16(21)13-15-12-14(3)18-20(15)6-2/h12,16,21H,5-11,13H2,1-4H3. The maximum atomic E-state index is 10.9. The summed E-state index contributed by atoms with van der Waals surface area (Å²) in [6.45, 7) is 11.6. The van der Waals surface area contributed by atoms with Crippen molar-refractivity contribution in [2.24, 2.45) is 0 Å². The fourth-order valence-corrected chi connectivity index (χ4v) is 3.53. The number of piperidine rings is 1. The molecular weight excluding hydrogens is 262 g/mol. The summed E-state index contributed by atoms with van der Waals surface area (Å²) in [6, 6.07) is 2.11. The summed E-state index contributed by atoms with van der Waals surface area (Å²) in [5.41, 5.74) is 2.06. The van der Waals surface area contributed by atoms with Gasteiger partial charge in [-0.15, -0.1) is 0 Å². The lowest BCUT2D eigenvalue weighted by molar-refractivity contribution is -0.0336. The molecule has 1 aromatic heterocycles. The highest BCUT2D eigenvalue weighted by Crippen LogP contribution is 2.29. The average molecular weight is 293 g/mol. The van der Waals surface area contributed by atoms with E-state index >= 15 is 0 Å². The van der Waals surface area contributed by atoms with Crippen LogP contribution in [0.5, 0.6) is 0 Å². The maximum Gasteiger partial charge on any atom is 0.0776 e. The third kappa shape index (κ3) is 3.49. The molecule has 1 aromatic rings. The van der Waals surface area contributed by atoms with Crippen LogP contribution in [0.3, 0.4) is 0 Å². The Morgan fingerprint density at radius 2 is 1.95 bits per heavy atom. The number of hydrogen-bond donors (Lipinski definition) is 1. The van der Waals surface area contributed by atoms with Gasteiger partial charge in [0.15, 0.2) is 0 Å². The number of likely N-dealkylation sites (tertiary alicyclic amines) is 1. The van der Waals surface area contributed by atoms with Crippen LogP contribution in [-0.2, 0) is 13.0 Å². The van der Waals surface area contributed by atoms with Gasteiger partial charge < -0.3 is 5.11 Å². The van der Waals surface area contributed by atoms with Gasteiger partial charge in [0, 0.05) is 24.2 Å². The first kappa shape index (κ1) is 16.5. The zero-order valence-corrected chi connectivity index (χ0v) is 14.1. The van der Waals surface area contributed by atoms with Crippen molar-refractivity contribution in [1.82, 2.24) is 14.7 Å². The predicted molar refractivity (Wildman–Crippen MR) is 86.5 cm³/mol. The summed E-state index contributed by atoms with van der Waals surface area (Å²) in [7, 11) is 0. The maximum absolute atomic E-state index is 10.9. The van der Waals surface area contributed by atoms with Crippen LogP contribution < -0.4 is 0 Å². The molecule has 0 aliphatic carbocycles. The molecule has 120 valence electrons. The van der Waals surface area contributed by atoms with Crippen molar-refractivity contribution in [2.45, 2.75) is 78.0 Å². The van der Waals surface area contributed by atoms with Gasteiger partial charge in [-0.3, -0.25) is 9.58 Å². The minimum absolute atomic E-state index is 0.128. The molecule has 2 heterocycles. The van der Waals surface area contributed by atoms with Gasteiger partial charge in [0.1, 0.15) is 0 Å². The molecule has 2 rings (SSSR count). The number of aryl methyl sites for hydroxylation is 2. The largest absolute Gasteiger partial charge is 0.391 e. The van der Waals surface area contributed by atoms with Crippen LogP contribution in [0.2, 0.25) is 0 Å². The van der Waals surface area contributed by atoms with Crippen molar-refractivity contribution in [2.75, 3.05) is 13.1 Å². The zero-order chi connectivity index (χ0) is 15.5. The predicted octanol–water partition coefficient (Wildman–Crippen LogP) is 2.77. The van der Waals surface area contributed by atoms with Gasteiger partial charge in [-0.25, -0.2) is 0 Å². The third-order valence-corrected chi connectivity index (χ3v) is 5.20. The molecule has 0 aromatic carbocycles. The van der Waals surface area contributed by atoms with Gasteiger partial charge in [-0.1, -0.05) is 13.3 Å². The quantitative estimate of drug-likeness (QED) is 0.877. The molecule has 2 unspecified atom stereocenters. The lowest BCUT2D eigenvalue weighted by atomic mass is 9.85. The zero-order valence-electron chi connectivity index (χ0n) is 14.1. The summed E-state index contributed by atoms with van der Waals surface area (Å²) >= 11 is 0. The minimum atomic E-state index is -0.345. The number of aliphatic hydroxyl groups is 1. The first-order chi connectivity index (χ1) is 10.0. The van der Waals surface area contributed by atoms with Crippen LogP contribution >= 0.6 is 0 Å². The molecule has 0 radical (unpaired) electrons. The fraction of sp³-hybridized carbons (Fsp3) is 0.824. The molecule has 1 saturated heterocycles. The Morgan fingerprint density at radius 1 is 1.29 bits per heavy atom. The number of nitrogens with zero attached hydrogens (tertiary/aromatic N) is 3. The van der Waals surface area contributed by atoms with E-state index in [2.05, 4.69) is 36.8 Å². The Kier molecular flexibility index (Phi) is 5.44. The first-order valence-electron chi connectivity index (χ1n) is 8.47. The van der Waals surface area contributed by atoms with Crippen LogP contribution in [0, 0.1) is 6.92 Å². The van der Waals surface area contributed by atoms with E-state index < -0.39 is 0 Å². The van der Waals surface area contributed by atoms with Gasteiger partial charge in [-0.2, -0.15) is 5.10 Å². The number of aromatic nitrogens is 2. The summed E-state index contributed by atoms with van der Waals surface area (Å²) in [5, 5.41) is 15.4. The average Bonchev–Trinajstić information content (AvgIpc) is 2.86. The summed E-state index contributed by atoms with van der Waals surface area (Å²) < 4.78 is 2.02. The number of hydrogen-bond acceptors (Lipinski definition) is 3. The lowest BCUT2D eigenvalue weighted by Gasteiger charge is -2.46. The van der Waals surface area contributed by atoms with Crippen molar-refractivity contribution in [1.29, 1.82) is 0 Å².